The maximum absolute atomic E-state index is 10.5. The van der Waals surface area contributed by atoms with Gasteiger partial charge in [0.05, 0.1) is 5.71 Å². The lowest BCUT2D eigenvalue weighted by molar-refractivity contribution is -0.104. The maximum Gasteiger partial charge on any atom is 0.146 e. The Labute approximate surface area is 76.7 Å². The van der Waals surface area contributed by atoms with E-state index in [2.05, 4.69) is 4.99 Å². The molecule has 1 heterocycles. The zero-order chi connectivity index (χ0) is 9.10. The number of hydrogen-bond donors (Lipinski definition) is 0. The number of allylic oxidation sites excluding steroid dienone is 7. The van der Waals surface area contributed by atoms with Gasteiger partial charge >= 0.3 is 0 Å². The molecule has 2 heteroatoms. The van der Waals surface area contributed by atoms with Crippen molar-refractivity contribution in [3.05, 3.63) is 47.7 Å². The first kappa shape index (κ1) is 7.92. The average Bonchev–Trinajstić information content (AvgIpc) is 2.41. The van der Waals surface area contributed by atoms with Gasteiger partial charge in [-0.05, 0) is 17.2 Å². The van der Waals surface area contributed by atoms with E-state index in [1.54, 1.807) is 6.20 Å². The molecule has 2 aliphatic rings. The second-order valence-corrected chi connectivity index (χ2v) is 2.93. The number of carbonyl (C=O) groups is 1. The van der Waals surface area contributed by atoms with Crippen molar-refractivity contribution in [2.45, 2.75) is 6.42 Å². The molecule has 0 spiro atoms. The van der Waals surface area contributed by atoms with Gasteiger partial charge in [0, 0.05) is 12.6 Å². The highest BCUT2D eigenvalue weighted by Crippen LogP contribution is 2.17. The fourth-order valence-electron chi connectivity index (χ4n) is 1.34. The number of carbonyl (C=O) groups excluding carboxylic acids is 1. The molecule has 0 N–H and O–H groups in total. The third-order valence-corrected chi connectivity index (χ3v) is 2.04. The van der Waals surface area contributed by atoms with Gasteiger partial charge in [-0.2, -0.15) is 0 Å². The minimum atomic E-state index is 0.643. The Bertz CT molecular complexity index is 381. The van der Waals surface area contributed by atoms with Crippen molar-refractivity contribution in [1.82, 2.24) is 0 Å². The third-order valence-electron chi connectivity index (χ3n) is 2.04. The Morgan fingerprint density at radius 3 is 3.08 bits per heavy atom. The fourth-order valence-corrected chi connectivity index (χ4v) is 1.34. The van der Waals surface area contributed by atoms with E-state index in [0.29, 0.717) is 6.42 Å². The van der Waals surface area contributed by atoms with Crippen molar-refractivity contribution in [1.29, 1.82) is 0 Å². The van der Waals surface area contributed by atoms with Gasteiger partial charge in [0.1, 0.15) is 6.29 Å². The number of fused-ring (bicyclic) bond motifs is 1. The topological polar surface area (TPSA) is 29.4 Å². The number of aldehydes is 1. The normalized spacial score (nSPS) is 19.5. The number of aliphatic imine (C=N–C) groups is 1. The minimum Gasteiger partial charge on any atom is -0.298 e. The van der Waals surface area contributed by atoms with Crippen LogP contribution in [0.25, 0.3) is 0 Å². The van der Waals surface area contributed by atoms with Crippen molar-refractivity contribution >= 4 is 12.0 Å². The molecule has 64 valence electrons. The molecule has 0 amide bonds. The van der Waals surface area contributed by atoms with Crippen molar-refractivity contribution in [2.75, 3.05) is 0 Å². The number of rotatable bonds is 1. The zero-order valence-electron chi connectivity index (χ0n) is 7.10. The summed E-state index contributed by atoms with van der Waals surface area (Å²) in [6.07, 6.45) is 12.9. The number of nitrogens with zero attached hydrogens (tertiary/aromatic N) is 1. The first-order valence-electron chi connectivity index (χ1n) is 4.16. The van der Waals surface area contributed by atoms with Crippen molar-refractivity contribution in [3.8, 4) is 0 Å². The summed E-state index contributed by atoms with van der Waals surface area (Å²) in [5.74, 6) is 0. The summed E-state index contributed by atoms with van der Waals surface area (Å²) in [6, 6.07) is 0. The summed E-state index contributed by atoms with van der Waals surface area (Å²) in [6.45, 7) is 0. The lowest BCUT2D eigenvalue weighted by Crippen LogP contribution is -2.06. The first-order valence-corrected chi connectivity index (χ1v) is 4.16. The lowest BCUT2D eigenvalue weighted by atomic mass is 9.97. The highest BCUT2D eigenvalue weighted by Gasteiger charge is 2.11. The van der Waals surface area contributed by atoms with E-state index < -0.39 is 0 Å². The highest BCUT2D eigenvalue weighted by molar-refractivity contribution is 6.08. The van der Waals surface area contributed by atoms with Crippen LogP contribution in [0.1, 0.15) is 6.42 Å². The first-order chi connectivity index (χ1) is 6.40. The standard InChI is InChI=1S/C11H9NO/c13-8-9-4-5-10-3-1-2-6-12-11(10)7-9/h1-6,8H,7H2. The summed E-state index contributed by atoms with van der Waals surface area (Å²) in [5.41, 5.74) is 2.84. The van der Waals surface area contributed by atoms with Crippen LogP contribution in [0, 0.1) is 0 Å². The molecule has 0 radical (unpaired) electrons. The van der Waals surface area contributed by atoms with Gasteiger partial charge in [0.2, 0.25) is 0 Å². The monoisotopic (exact) mass is 171 g/mol. The molecule has 0 aromatic heterocycles. The Kier molecular flexibility index (Phi) is 2.04. The van der Waals surface area contributed by atoms with Crippen LogP contribution in [0.3, 0.4) is 0 Å². The predicted octanol–water partition coefficient (Wildman–Crippen LogP) is 1.97. The third kappa shape index (κ3) is 1.56. The molecular formula is C11H9NO. The SMILES string of the molecule is O=CC1=CC=C2C=CC=CN=C2C1. The van der Waals surface area contributed by atoms with E-state index in [-0.39, 0.29) is 0 Å². The second kappa shape index (κ2) is 3.35. The van der Waals surface area contributed by atoms with Gasteiger partial charge in [0.15, 0.2) is 0 Å². The van der Waals surface area contributed by atoms with Gasteiger partial charge in [-0.25, -0.2) is 0 Å². The fraction of sp³-hybridized carbons (Fsp3) is 0.0909. The molecular weight excluding hydrogens is 162 g/mol. The molecule has 0 saturated carbocycles. The van der Waals surface area contributed by atoms with Crippen LogP contribution in [-0.4, -0.2) is 12.0 Å². The van der Waals surface area contributed by atoms with Crippen LogP contribution in [0.2, 0.25) is 0 Å². The zero-order valence-corrected chi connectivity index (χ0v) is 7.10. The Morgan fingerprint density at radius 2 is 2.23 bits per heavy atom. The molecule has 2 nitrogen and oxygen atoms in total. The van der Waals surface area contributed by atoms with Gasteiger partial charge in [-0.1, -0.05) is 24.3 Å². The summed E-state index contributed by atoms with van der Waals surface area (Å²) in [4.78, 5) is 14.8. The summed E-state index contributed by atoms with van der Waals surface area (Å²) >= 11 is 0. The molecule has 1 aliphatic carbocycles. The molecule has 13 heavy (non-hydrogen) atoms. The molecule has 0 unspecified atom stereocenters. The van der Waals surface area contributed by atoms with E-state index in [1.807, 2.05) is 30.4 Å². The molecule has 0 bridgehead atoms. The highest BCUT2D eigenvalue weighted by atomic mass is 16.1. The Hall–Kier alpha value is -1.70. The molecule has 0 atom stereocenters. The largest absolute Gasteiger partial charge is 0.298 e. The molecule has 0 aromatic carbocycles. The van der Waals surface area contributed by atoms with Crippen LogP contribution in [0.15, 0.2) is 52.7 Å². The van der Waals surface area contributed by atoms with Gasteiger partial charge in [0.25, 0.3) is 0 Å². The molecule has 0 saturated heterocycles. The van der Waals surface area contributed by atoms with Crippen molar-refractivity contribution in [3.63, 3.8) is 0 Å². The summed E-state index contributed by atoms with van der Waals surface area (Å²) < 4.78 is 0. The van der Waals surface area contributed by atoms with Crippen LogP contribution in [0.5, 0.6) is 0 Å². The van der Waals surface area contributed by atoms with E-state index in [4.69, 9.17) is 0 Å². The van der Waals surface area contributed by atoms with Crippen LogP contribution >= 0.6 is 0 Å². The smallest absolute Gasteiger partial charge is 0.146 e. The Morgan fingerprint density at radius 1 is 1.31 bits per heavy atom. The van der Waals surface area contributed by atoms with Gasteiger partial charge < -0.3 is 0 Å². The lowest BCUT2D eigenvalue weighted by Gasteiger charge is -2.09. The average molecular weight is 171 g/mol. The van der Waals surface area contributed by atoms with Crippen LogP contribution in [0.4, 0.5) is 0 Å². The summed E-state index contributed by atoms with van der Waals surface area (Å²) in [5, 5.41) is 0. The minimum absolute atomic E-state index is 0.643. The van der Waals surface area contributed by atoms with Crippen molar-refractivity contribution < 1.29 is 4.79 Å². The van der Waals surface area contributed by atoms with E-state index in [9.17, 15) is 4.79 Å². The number of hydrogen-bond acceptors (Lipinski definition) is 2. The van der Waals surface area contributed by atoms with E-state index in [0.717, 1.165) is 23.1 Å². The quantitative estimate of drug-likeness (QED) is 0.554. The van der Waals surface area contributed by atoms with Crippen LogP contribution in [-0.2, 0) is 4.79 Å². The molecule has 0 fully saturated rings. The van der Waals surface area contributed by atoms with Gasteiger partial charge in [-0.3, -0.25) is 9.79 Å². The van der Waals surface area contributed by atoms with Crippen LogP contribution < -0.4 is 0 Å². The molecule has 2 rings (SSSR count). The van der Waals surface area contributed by atoms with Gasteiger partial charge in [-0.15, -0.1) is 0 Å². The summed E-state index contributed by atoms with van der Waals surface area (Å²) in [7, 11) is 0. The predicted molar refractivity (Wildman–Crippen MR) is 52.6 cm³/mol. The molecule has 0 aromatic rings. The van der Waals surface area contributed by atoms with E-state index in [1.165, 1.54) is 0 Å². The maximum atomic E-state index is 10.5. The van der Waals surface area contributed by atoms with Crippen molar-refractivity contribution in [2.24, 2.45) is 4.99 Å². The molecule has 1 aliphatic heterocycles. The van der Waals surface area contributed by atoms with E-state index >= 15 is 0 Å². The Balaban J connectivity index is 2.40. The second-order valence-electron chi connectivity index (χ2n) is 2.93.